The van der Waals surface area contributed by atoms with E-state index in [0.29, 0.717) is 0 Å². The van der Waals surface area contributed by atoms with Crippen LogP contribution in [0.15, 0.2) is 12.2 Å². The molecular formula is C28H61NO3. The molecule has 0 fully saturated rings. The molecule has 0 aromatic rings. The van der Waals surface area contributed by atoms with Crippen LogP contribution in [0.4, 0.5) is 0 Å². The lowest BCUT2D eigenvalue weighted by atomic mass is 10.1. The minimum absolute atomic E-state index is 0.109. The van der Waals surface area contributed by atoms with E-state index in [2.05, 4.69) is 19.2 Å². The molecule has 0 aromatic heterocycles. The first-order valence-corrected chi connectivity index (χ1v) is 13.5. The van der Waals surface area contributed by atoms with Crippen LogP contribution in [0.1, 0.15) is 139 Å². The molecule has 0 aliphatic heterocycles. The number of hydrogen-bond acceptors (Lipinski definition) is 4. The predicted octanol–water partition coefficient (Wildman–Crippen LogP) is 7.61. The van der Waals surface area contributed by atoms with Crippen LogP contribution in [-0.4, -0.2) is 41.3 Å². The van der Waals surface area contributed by atoms with Gasteiger partial charge in [-0.15, -0.1) is 0 Å². The SMILES string of the molecule is C/C=C\C(C)=O.CC.CC(C)O.CCCCCCCCNCC(O)CCCCCCCC. The topological polar surface area (TPSA) is 69.6 Å². The number of rotatable bonds is 17. The van der Waals surface area contributed by atoms with Crippen molar-refractivity contribution in [2.75, 3.05) is 13.1 Å². The molecule has 1 unspecified atom stereocenters. The van der Waals surface area contributed by atoms with E-state index in [4.69, 9.17) is 5.11 Å². The van der Waals surface area contributed by atoms with Crippen molar-refractivity contribution < 1.29 is 15.0 Å². The Morgan fingerprint density at radius 3 is 1.59 bits per heavy atom. The van der Waals surface area contributed by atoms with Crippen LogP contribution in [0.2, 0.25) is 0 Å². The summed E-state index contributed by atoms with van der Waals surface area (Å²) in [6.45, 7) is 17.1. The van der Waals surface area contributed by atoms with Gasteiger partial charge in [0.2, 0.25) is 0 Å². The van der Waals surface area contributed by atoms with E-state index in [9.17, 15) is 9.90 Å². The van der Waals surface area contributed by atoms with Crippen molar-refractivity contribution >= 4 is 5.78 Å². The van der Waals surface area contributed by atoms with Crippen molar-refractivity contribution in [3.8, 4) is 0 Å². The first-order chi connectivity index (χ1) is 15.3. The number of aliphatic hydroxyl groups is 2. The number of ketones is 1. The molecule has 0 aliphatic rings. The first-order valence-electron chi connectivity index (χ1n) is 13.5. The molecule has 0 heterocycles. The highest BCUT2D eigenvalue weighted by Gasteiger charge is 2.02. The molecular weight excluding hydrogens is 398 g/mol. The van der Waals surface area contributed by atoms with Crippen LogP contribution >= 0.6 is 0 Å². The molecule has 4 nitrogen and oxygen atoms in total. The second-order valence-corrected chi connectivity index (χ2v) is 8.39. The molecule has 0 bridgehead atoms. The zero-order valence-electron chi connectivity index (χ0n) is 23.2. The molecule has 0 aliphatic carbocycles. The first kappa shape index (κ1) is 38.5. The number of allylic oxidation sites excluding steroid dienone is 2. The zero-order chi connectivity index (χ0) is 25.5. The zero-order valence-corrected chi connectivity index (χ0v) is 23.2. The maximum absolute atomic E-state index is 9.96. The summed E-state index contributed by atoms with van der Waals surface area (Å²) in [6, 6.07) is 0. The summed E-state index contributed by atoms with van der Waals surface area (Å²) in [5.41, 5.74) is 0. The summed E-state index contributed by atoms with van der Waals surface area (Å²) in [7, 11) is 0. The number of carbonyl (C=O) groups is 1. The third-order valence-electron chi connectivity index (χ3n) is 4.38. The Morgan fingerprint density at radius 1 is 0.812 bits per heavy atom. The highest BCUT2D eigenvalue weighted by atomic mass is 16.3. The Kier molecular flexibility index (Phi) is 45.3. The van der Waals surface area contributed by atoms with Gasteiger partial charge in [-0.1, -0.05) is 104 Å². The predicted molar refractivity (Wildman–Crippen MR) is 144 cm³/mol. The molecule has 0 aromatic carbocycles. The summed E-state index contributed by atoms with van der Waals surface area (Å²) in [5, 5.41) is 21.3. The Balaban J connectivity index is -0.000000268. The van der Waals surface area contributed by atoms with Crippen molar-refractivity contribution in [1.82, 2.24) is 5.32 Å². The van der Waals surface area contributed by atoms with Gasteiger partial charge in [0, 0.05) is 12.6 Å². The molecule has 3 N–H and O–H groups in total. The molecule has 196 valence electrons. The van der Waals surface area contributed by atoms with E-state index in [1.54, 1.807) is 19.9 Å². The lowest BCUT2D eigenvalue weighted by Crippen LogP contribution is -2.27. The molecule has 0 saturated carbocycles. The smallest absolute Gasteiger partial charge is 0.152 e. The van der Waals surface area contributed by atoms with Gasteiger partial charge in [0.25, 0.3) is 0 Å². The molecule has 0 amide bonds. The molecule has 0 spiro atoms. The van der Waals surface area contributed by atoms with E-state index >= 15 is 0 Å². The van der Waals surface area contributed by atoms with Crippen LogP contribution in [0, 0.1) is 0 Å². The third kappa shape index (κ3) is 56.9. The highest BCUT2D eigenvalue weighted by molar-refractivity contribution is 5.87. The van der Waals surface area contributed by atoms with E-state index < -0.39 is 0 Å². The van der Waals surface area contributed by atoms with Gasteiger partial charge in [-0.2, -0.15) is 0 Å². The van der Waals surface area contributed by atoms with Crippen LogP contribution in [0.5, 0.6) is 0 Å². The number of aliphatic hydroxyl groups excluding tert-OH is 2. The number of unbranched alkanes of at least 4 members (excludes halogenated alkanes) is 10. The Bertz CT molecular complexity index is 341. The molecule has 32 heavy (non-hydrogen) atoms. The minimum Gasteiger partial charge on any atom is -0.394 e. The van der Waals surface area contributed by atoms with Gasteiger partial charge >= 0.3 is 0 Å². The molecule has 4 heteroatoms. The molecule has 1 atom stereocenters. The Hall–Kier alpha value is -0.710. The molecule has 0 saturated heterocycles. The fourth-order valence-electron chi connectivity index (χ4n) is 2.80. The van der Waals surface area contributed by atoms with E-state index in [1.165, 1.54) is 90.0 Å². The Morgan fingerprint density at radius 2 is 1.22 bits per heavy atom. The highest BCUT2D eigenvalue weighted by Crippen LogP contribution is 2.08. The lowest BCUT2D eigenvalue weighted by molar-refractivity contribution is -0.112. The average molecular weight is 460 g/mol. The molecule has 0 rings (SSSR count). The summed E-state index contributed by atoms with van der Waals surface area (Å²) in [6.07, 6.45) is 19.8. The van der Waals surface area contributed by atoms with Crippen molar-refractivity contribution in [1.29, 1.82) is 0 Å². The monoisotopic (exact) mass is 459 g/mol. The maximum atomic E-state index is 9.96. The van der Waals surface area contributed by atoms with Gasteiger partial charge in [0.15, 0.2) is 5.78 Å². The maximum Gasteiger partial charge on any atom is 0.152 e. The van der Waals surface area contributed by atoms with Crippen LogP contribution in [0.3, 0.4) is 0 Å². The van der Waals surface area contributed by atoms with E-state index in [-0.39, 0.29) is 18.0 Å². The summed E-state index contributed by atoms with van der Waals surface area (Å²) in [4.78, 5) is 9.96. The second-order valence-electron chi connectivity index (χ2n) is 8.39. The van der Waals surface area contributed by atoms with Crippen molar-refractivity contribution in [2.24, 2.45) is 0 Å². The van der Waals surface area contributed by atoms with Crippen molar-refractivity contribution in [3.63, 3.8) is 0 Å². The normalized spacial score (nSPS) is 11.1. The Labute approximate surface area is 202 Å². The third-order valence-corrected chi connectivity index (χ3v) is 4.38. The summed E-state index contributed by atoms with van der Waals surface area (Å²) < 4.78 is 0. The van der Waals surface area contributed by atoms with Crippen molar-refractivity contribution in [3.05, 3.63) is 12.2 Å². The number of hydrogen-bond donors (Lipinski definition) is 3. The van der Waals surface area contributed by atoms with E-state index in [0.717, 1.165) is 19.5 Å². The standard InChI is InChI=1S/C18H39NO.C5H8O.C3H8O.C2H6/c1-3-5-7-9-11-13-15-18(20)17-19-16-14-12-10-8-6-4-2;1-3-4-5(2)6;1-3(2)4;1-2/h18-20H,3-17H2,1-2H3;3-4H,1-2H3;3-4H,1-2H3;1-2H3/b;4-3-;;. The number of carbonyl (C=O) groups excluding carboxylic acids is 1. The van der Waals surface area contributed by atoms with E-state index in [1.807, 2.05) is 20.8 Å². The van der Waals surface area contributed by atoms with Gasteiger partial charge in [0.05, 0.1) is 6.10 Å². The van der Waals surface area contributed by atoms with Crippen LogP contribution in [-0.2, 0) is 4.79 Å². The second kappa shape index (κ2) is 37.6. The van der Waals surface area contributed by atoms with Crippen LogP contribution < -0.4 is 5.32 Å². The van der Waals surface area contributed by atoms with Gasteiger partial charge in [-0.3, -0.25) is 4.79 Å². The van der Waals surface area contributed by atoms with Crippen molar-refractivity contribution in [2.45, 2.75) is 151 Å². The summed E-state index contributed by atoms with van der Waals surface area (Å²) >= 11 is 0. The molecule has 0 radical (unpaired) electrons. The van der Waals surface area contributed by atoms with Gasteiger partial charge in [0.1, 0.15) is 0 Å². The minimum atomic E-state index is -0.167. The van der Waals surface area contributed by atoms with Gasteiger partial charge in [-0.05, 0) is 53.2 Å². The summed E-state index contributed by atoms with van der Waals surface area (Å²) in [5.74, 6) is 0.109. The van der Waals surface area contributed by atoms with Gasteiger partial charge in [-0.25, -0.2) is 0 Å². The number of nitrogens with one attached hydrogen (secondary N) is 1. The lowest BCUT2D eigenvalue weighted by Gasteiger charge is -2.11. The van der Waals surface area contributed by atoms with Crippen LogP contribution in [0.25, 0.3) is 0 Å². The van der Waals surface area contributed by atoms with Gasteiger partial charge < -0.3 is 15.5 Å². The quantitative estimate of drug-likeness (QED) is 0.155. The largest absolute Gasteiger partial charge is 0.394 e. The average Bonchev–Trinajstić information content (AvgIpc) is 2.74. The fourth-order valence-corrected chi connectivity index (χ4v) is 2.80. The fraction of sp³-hybridized carbons (Fsp3) is 0.893.